The minimum absolute atomic E-state index is 0.0956. The number of pyridine rings is 1. The van der Waals surface area contributed by atoms with E-state index in [-0.39, 0.29) is 6.04 Å². The molecule has 1 aliphatic heterocycles. The minimum atomic E-state index is -0.606. The molecule has 6 heteroatoms. The largest absolute Gasteiger partial charge is 0.468 e. The zero-order chi connectivity index (χ0) is 18.5. The Labute approximate surface area is 162 Å². The van der Waals surface area contributed by atoms with Gasteiger partial charge in [-0.1, -0.05) is 24.6 Å². The fourth-order valence-electron chi connectivity index (χ4n) is 3.43. The van der Waals surface area contributed by atoms with Gasteiger partial charge in [0, 0.05) is 29.9 Å². The molecule has 0 saturated carbocycles. The number of hydrogen-bond acceptors (Lipinski definition) is 6. The van der Waals surface area contributed by atoms with Gasteiger partial charge < -0.3 is 4.74 Å². The van der Waals surface area contributed by atoms with Crippen molar-refractivity contribution in [3.8, 4) is 17.0 Å². The second kappa shape index (κ2) is 8.41. The molecule has 0 amide bonds. The Morgan fingerprint density at radius 2 is 1.96 bits per heavy atom. The van der Waals surface area contributed by atoms with Gasteiger partial charge in [-0.3, -0.25) is 14.7 Å². The maximum absolute atomic E-state index is 11.8. The lowest BCUT2D eigenvalue weighted by molar-refractivity contribution is -0.125. The number of piperidine rings is 1. The number of ether oxygens (including phenoxy) is 1. The number of carbonyl (C=O) groups excluding carboxylic acids is 1. The number of thiazole rings is 1. The van der Waals surface area contributed by atoms with Crippen LogP contribution in [-0.2, 0) is 4.79 Å². The van der Waals surface area contributed by atoms with E-state index >= 15 is 0 Å². The highest BCUT2D eigenvalue weighted by Gasteiger charge is 2.33. The molecule has 3 heterocycles. The molecule has 1 aromatic carbocycles. The number of para-hydroxylation sites is 1. The molecule has 2 atom stereocenters. The zero-order valence-corrected chi connectivity index (χ0v) is 15.7. The van der Waals surface area contributed by atoms with E-state index in [1.165, 1.54) is 0 Å². The second-order valence-electron chi connectivity index (χ2n) is 6.51. The first kappa shape index (κ1) is 17.8. The van der Waals surface area contributed by atoms with E-state index in [2.05, 4.69) is 15.3 Å². The van der Waals surface area contributed by atoms with Crippen LogP contribution in [0.1, 0.15) is 30.3 Å². The Morgan fingerprint density at radius 1 is 1.15 bits per heavy atom. The Hall–Kier alpha value is -2.57. The fraction of sp³-hybridized carbons (Fsp3) is 0.286. The van der Waals surface area contributed by atoms with Gasteiger partial charge in [0.05, 0.1) is 11.7 Å². The number of aromatic nitrogens is 2. The molecular weight excluding hydrogens is 358 g/mol. The lowest BCUT2D eigenvalue weighted by Crippen LogP contribution is -2.45. The molecule has 0 bridgehead atoms. The van der Waals surface area contributed by atoms with Gasteiger partial charge in [0.15, 0.2) is 6.29 Å². The summed E-state index contributed by atoms with van der Waals surface area (Å²) in [5, 5.41) is 3.11. The summed E-state index contributed by atoms with van der Waals surface area (Å²) in [4.78, 5) is 22.9. The van der Waals surface area contributed by atoms with Crippen LogP contribution in [0.15, 0.2) is 60.2 Å². The van der Waals surface area contributed by atoms with E-state index in [1.54, 1.807) is 23.7 Å². The van der Waals surface area contributed by atoms with Crippen molar-refractivity contribution in [1.29, 1.82) is 0 Å². The molecule has 2 aromatic heterocycles. The van der Waals surface area contributed by atoms with E-state index < -0.39 is 6.23 Å². The van der Waals surface area contributed by atoms with Gasteiger partial charge in [-0.25, -0.2) is 4.98 Å². The van der Waals surface area contributed by atoms with Crippen molar-refractivity contribution in [2.24, 2.45) is 0 Å². The Bertz CT molecular complexity index is 869. The van der Waals surface area contributed by atoms with E-state index in [0.717, 1.165) is 48.4 Å². The standard InChI is InChI=1S/C21H21N3O2S/c25-14-20(26-17-6-2-1-3-7-17)24-13-5-4-8-19(24)21-23-18(15-27-21)16-9-11-22-12-10-16/h1-3,6-7,9-12,14-15,19-20H,4-5,8,13H2/t19-,20?/m1/s1. The van der Waals surface area contributed by atoms with Gasteiger partial charge in [-0.05, 0) is 37.1 Å². The summed E-state index contributed by atoms with van der Waals surface area (Å²) in [7, 11) is 0. The summed E-state index contributed by atoms with van der Waals surface area (Å²) in [5.74, 6) is 0.704. The maximum atomic E-state index is 11.8. The third-order valence-electron chi connectivity index (χ3n) is 4.77. The summed E-state index contributed by atoms with van der Waals surface area (Å²) in [6.45, 7) is 0.824. The summed E-state index contributed by atoms with van der Waals surface area (Å²) in [6.07, 6.45) is 7.00. The molecule has 1 fully saturated rings. The molecule has 0 radical (unpaired) electrons. The Balaban J connectivity index is 1.57. The topological polar surface area (TPSA) is 55.3 Å². The van der Waals surface area contributed by atoms with Crippen molar-refractivity contribution in [1.82, 2.24) is 14.9 Å². The molecule has 0 aliphatic carbocycles. The Morgan fingerprint density at radius 3 is 2.74 bits per heavy atom. The van der Waals surface area contributed by atoms with Gasteiger partial charge in [0.1, 0.15) is 10.8 Å². The van der Waals surface area contributed by atoms with Crippen LogP contribution < -0.4 is 4.74 Å². The average Bonchev–Trinajstić information content (AvgIpc) is 3.24. The summed E-state index contributed by atoms with van der Waals surface area (Å²) in [5.41, 5.74) is 2.01. The lowest BCUT2D eigenvalue weighted by Gasteiger charge is -2.37. The molecule has 27 heavy (non-hydrogen) atoms. The van der Waals surface area contributed by atoms with Crippen LogP contribution in [0, 0.1) is 0 Å². The highest BCUT2D eigenvalue weighted by molar-refractivity contribution is 7.10. The van der Waals surface area contributed by atoms with Crippen molar-refractivity contribution in [2.75, 3.05) is 6.54 Å². The third-order valence-corrected chi connectivity index (χ3v) is 5.72. The number of aldehydes is 1. The summed E-state index contributed by atoms with van der Waals surface area (Å²) < 4.78 is 5.97. The molecule has 1 aliphatic rings. The van der Waals surface area contributed by atoms with Crippen molar-refractivity contribution < 1.29 is 9.53 Å². The first-order chi connectivity index (χ1) is 13.3. The molecule has 0 spiro atoms. The van der Waals surface area contributed by atoms with Gasteiger partial charge in [0.2, 0.25) is 6.23 Å². The monoisotopic (exact) mass is 379 g/mol. The highest BCUT2D eigenvalue weighted by atomic mass is 32.1. The normalized spacial score (nSPS) is 18.7. The summed E-state index contributed by atoms with van der Waals surface area (Å²) in [6, 6.07) is 13.5. The van der Waals surface area contributed by atoms with E-state index in [0.29, 0.717) is 5.75 Å². The van der Waals surface area contributed by atoms with E-state index in [4.69, 9.17) is 9.72 Å². The molecule has 0 N–H and O–H groups in total. The molecule has 1 saturated heterocycles. The molecule has 4 rings (SSSR count). The van der Waals surface area contributed by atoms with Gasteiger partial charge in [0.25, 0.3) is 0 Å². The zero-order valence-electron chi connectivity index (χ0n) is 14.9. The SMILES string of the molecule is O=CC(Oc1ccccc1)N1CCCC[C@@H]1c1nc(-c2ccncc2)cs1. The summed E-state index contributed by atoms with van der Waals surface area (Å²) >= 11 is 1.64. The van der Waals surface area contributed by atoms with Crippen LogP contribution in [0.25, 0.3) is 11.3 Å². The molecule has 1 unspecified atom stereocenters. The predicted molar refractivity (Wildman–Crippen MR) is 106 cm³/mol. The van der Waals surface area contributed by atoms with Crippen LogP contribution in [0.5, 0.6) is 5.75 Å². The number of likely N-dealkylation sites (tertiary alicyclic amines) is 1. The quantitative estimate of drug-likeness (QED) is 0.597. The van der Waals surface area contributed by atoms with Crippen LogP contribution in [0.4, 0.5) is 0 Å². The predicted octanol–water partition coefficient (Wildman–Crippen LogP) is 4.34. The van der Waals surface area contributed by atoms with E-state index in [1.807, 2.05) is 42.5 Å². The lowest BCUT2D eigenvalue weighted by atomic mass is 10.0. The van der Waals surface area contributed by atoms with Gasteiger partial charge >= 0.3 is 0 Å². The van der Waals surface area contributed by atoms with Gasteiger partial charge in [-0.2, -0.15) is 0 Å². The minimum Gasteiger partial charge on any atom is -0.468 e. The average molecular weight is 379 g/mol. The molecular formula is C21H21N3O2S. The van der Waals surface area contributed by atoms with Crippen LogP contribution >= 0.6 is 11.3 Å². The van der Waals surface area contributed by atoms with Crippen molar-refractivity contribution in [2.45, 2.75) is 31.5 Å². The number of hydrogen-bond donors (Lipinski definition) is 0. The Kier molecular flexibility index (Phi) is 5.55. The number of rotatable bonds is 6. The first-order valence-electron chi connectivity index (χ1n) is 9.14. The van der Waals surface area contributed by atoms with Crippen LogP contribution in [0.3, 0.4) is 0 Å². The van der Waals surface area contributed by atoms with Crippen LogP contribution in [0.2, 0.25) is 0 Å². The fourth-order valence-corrected chi connectivity index (χ4v) is 4.41. The number of carbonyl (C=O) groups is 1. The smallest absolute Gasteiger partial charge is 0.209 e. The van der Waals surface area contributed by atoms with E-state index in [9.17, 15) is 4.79 Å². The number of nitrogens with zero attached hydrogens (tertiary/aromatic N) is 3. The maximum Gasteiger partial charge on any atom is 0.209 e. The van der Waals surface area contributed by atoms with Crippen molar-refractivity contribution in [3.05, 3.63) is 65.2 Å². The van der Waals surface area contributed by atoms with Gasteiger partial charge in [-0.15, -0.1) is 11.3 Å². The second-order valence-corrected chi connectivity index (χ2v) is 7.40. The molecule has 5 nitrogen and oxygen atoms in total. The first-order valence-corrected chi connectivity index (χ1v) is 10.0. The van der Waals surface area contributed by atoms with Crippen LogP contribution in [-0.4, -0.2) is 33.9 Å². The third kappa shape index (κ3) is 4.07. The van der Waals surface area contributed by atoms with Crippen molar-refractivity contribution in [3.63, 3.8) is 0 Å². The van der Waals surface area contributed by atoms with Crippen molar-refractivity contribution >= 4 is 17.6 Å². The highest BCUT2D eigenvalue weighted by Crippen LogP contribution is 2.36. The molecule has 3 aromatic rings. The molecule has 138 valence electrons. The number of benzene rings is 1.